The van der Waals surface area contributed by atoms with Crippen LogP contribution < -0.4 is 10.2 Å². The molecule has 0 bridgehead atoms. The van der Waals surface area contributed by atoms with Crippen molar-refractivity contribution in [3.05, 3.63) is 41.9 Å². The number of esters is 1. The Morgan fingerprint density at radius 2 is 2.06 bits per heavy atom. The lowest BCUT2D eigenvalue weighted by atomic mass is 9.97. The second-order valence-electron chi connectivity index (χ2n) is 7.32. The second kappa shape index (κ2) is 9.59. The van der Waals surface area contributed by atoms with E-state index in [-0.39, 0.29) is 19.0 Å². The van der Waals surface area contributed by atoms with Gasteiger partial charge in [-0.25, -0.2) is 9.18 Å². The van der Waals surface area contributed by atoms with Crippen molar-refractivity contribution in [2.75, 3.05) is 24.6 Å². The first kappa shape index (κ1) is 22.3. The Labute approximate surface area is 178 Å². The van der Waals surface area contributed by atoms with Gasteiger partial charge in [0.25, 0.3) is 5.91 Å². The maximum absolute atomic E-state index is 15.0. The highest BCUT2D eigenvalue weighted by molar-refractivity contribution is 5.90. The lowest BCUT2D eigenvalue weighted by Gasteiger charge is -2.32. The van der Waals surface area contributed by atoms with Crippen LogP contribution in [0.5, 0.6) is 0 Å². The van der Waals surface area contributed by atoms with E-state index in [1.165, 1.54) is 35.8 Å². The van der Waals surface area contributed by atoms with Gasteiger partial charge in [0.2, 0.25) is 5.91 Å². The van der Waals surface area contributed by atoms with Crippen LogP contribution in [0.1, 0.15) is 38.3 Å². The predicted octanol–water partition coefficient (Wildman–Crippen LogP) is 2.03. The van der Waals surface area contributed by atoms with Crippen LogP contribution >= 0.6 is 0 Å². The molecule has 3 amide bonds. The summed E-state index contributed by atoms with van der Waals surface area (Å²) in [4.78, 5) is 49.3. The fourth-order valence-corrected chi connectivity index (χ4v) is 3.54. The summed E-state index contributed by atoms with van der Waals surface area (Å²) < 4.78 is 25.0. The molecular formula is C21H24FN3O6. The Bertz CT molecular complexity index is 918. The molecule has 0 saturated carbocycles. The Morgan fingerprint density at radius 3 is 2.74 bits per heavy atom. The second-order valence-corrected chi connectivity index (χ2v) is 7.32. The molecule has 1 unspecified atom stereocenters. The lowest BCUT2D eigenvalue weighted by molar-refractivity contribution is -0.150. The van der Waals surface area contributed by atoms with Crippen LogP contribution in [-0.4, -0.2) is 54.6 Å². The maximum atomic E-state index is 15.0. The molecule has 31 heavy (non-hydrogen) atoms. The van der Waals surface area contributed by atoms with Gasteiger partial charge in [-0.15, -0.1) is 0 Å². The molecule has 1 N–H and O–H groups in total. The SMILES string of the molecule is CC(=O)NC[C@H]1CN(c2ccc(C3CCC=CN3C(=O)COC(C)=O)c(F)c2)C(=O)O1. The Hall–Kier alpha value is -3.43. The fraction of sp³-hybridized carbons (Fsp3) is 0.429. The third-order valence-corrected chi connectivity index (χ3v) is 5.00. The summed E-state index contributed by atoms with van der Waals surface area (Å²) in [6, 6.07) is 3.80. The van der Waals surface area contributed by atoms with E-state index in [9.17, 15) is 19.2 Å². The van der Waals surface area contributed by atoms with E-state index >= 15 is 4.39 Å². The molecule has 2 aliphatic rings. The average molecular weight is 433 g/mol. The van der Waals surface area contributed by atoms with Crippen LogP contribution in [0, 0.1) is 5.82 Å². The summed E-state index contributed by atoms with van der Waals surface area (Å²) in [5.41, 5.74) is 0.618. The van der Waals surface area contributed by atoms with Gasteiger partial charge in [0.05, 0.1) is 24.8 Å². The van der Waals surface area contributed by atoms with Crippen molar-refractivity contribution in [1.29, 1.82) is 0 Å². The Kier molecular flexibility index (Phi) is 6.88. The van der Waals surface area contributed by atoms with Crippen molar-refractivity contribution < 1.29 is 33.0 Å². The summed E-state index contributed by atoms with van der Waals surface area (Å²) in [6.45, 7) is 2.50. The van der Waals surface area contributed by atoms with Gasteiger partial charge in [-0.3, -0.25) is 19.3 Å². The number of rotatable bonds is 6. The van der Waals surface area contributed by atoms with Crippen molar-refractivity contribution in [1.82, 2.24) is 10.2 Å². The van der Waals surface area contributed by atoms with Crippen molar-refractivity contribution in [2.24, 2.45) is 0 Å². The van der Waals surface area contributed by atoms with Crippen molar-refractivity contribution in [3.63, 3.8) is 0 Å². The lowest BCUT2D eigenvalue weighted by Crippen LogP contribution is -2.35. The molecule has 2 heterocycles. The molecule has 1 saturated heterocycles. The number of carbonyl (C=O) groups is 4. The number of amides is 3. The topological polar surface area (TPSA) is 105 Å². The molecule has 0 radical (unpaired) electrons. The fourth-order valence-electron chi connectivity index (χ4n) is 3.54. The molecule has 1 aromatic carbocycles. The largest absolute Gasteiger partial charge is 0.456 e. The third kappa shape index (κ3) is 5.39. The summed E-state index contributed by atoms with van der Waals surface area (Å²) in [5, 5.41) is 2.58. The highest BCUT2D eigenvalue weighted by Gasteiger charge is 2.34. The number of allylic oxidation sites excluding steroid dienone is 1. The number of benzene rings is 1. The van der Waals surface area contributed by atoms with Crippen LogP contribution in [0.25, 0.3) is 0 Å². The minimum atomic E-state index is -0.624. The van der Waals surface area contributed by atoms with Crippen LogP contribution in [0.15, 0.2) is 30.5 Å². The van der Waals surface area contributed by atoms with Crippen molar-refractivity contribution >= 4 is 29.6 Å². The molecule has 1 aromatic rings. The average Bonchev–Trinajstić information content (AvgIpc) is 3.11. The number of carbonyl (C=O) groups excluding carboxylic acids is 4. The highest BCUT2D eigenvalue weighted by Crippen LogP contribution is 2.34. The number of cyclic esters (lactones) is 1. The number of hydrogen-bond acceptors (Lipinski definition) is 6. The van der Waals surface area contributed by atoms with Gasteiger partial charge in [0.15, 0.2) is 6.61 Å². The standard InChI is InChI=1S/C21H24FN3O6/c1-13(26)23-10-16-11-25(21(29)31-16)15-6-7-17(18(22)9-15)19-5-3-4-8-24(19)20(28)12-30-14(2)27/h4,6-9,16,19H,3,5,10-12H2,1-2H3,(H,23,26)/t16-,19?/m0/s1. The summed E-state index contributed by atoms with van der Waals surface area (Å²) in [5.74, 6) is -1.83. The van der Waals surface area contributed by atoms with Gasteiger partial charge in [0, 0.05) is 25.6 Å². The molecular weight excluding hydrogens is 409 g/mol. The van der Waals surface area contributed by atoms with Crippen LogP contribution in [0.4, 0.5) is 14.9 Å². The molecule has 0 aliphatic carbocycles. The van der Waals surface area contributed by atoms with E-state index in [2.05, 4.69) is 5.32 Å². The Morgan fingerprint density at radius 1 is 1.29 bits per heavy atom. The Balaban J connectivity index is 1.74. The van der Waals surface area contributed by atoms with Crippen LogP contribution in [0.3, 0.4) is 0 Å². The van der Waals surface area contributed by atoms with Gasteiger partial charge in [-0.05, 0) is 25.0 Å². The molecule has 2 aliphatic heterocycles. The van der Waals surface area contributed by atoms with E-state index in [1.807, 2.05) is 0 Å². The van der Waals surface area contributed by atoms with Crippen LogP contribution in [0.2, 0.25) is 0 Å². The molecule has 0 spiro atoms. The number of halogens is 1. The van der Waals surface area contributed by atoms with Gasteiger partial charge >= 0.3 is 12.1 Å². The van der Waals surface area contributed by atoms with Gasteiger partial charge in [-0.2, -0.15) is 0 Å². The zero-order valence-corrected chi connectivity index (χ0v) is 17.3. The first-order valence-corrected chi connectivity index (χ1v) is 9.89. The molecule has 1 fully saturated rings. The van der Waals surface area contributed by atoms with E-state index in [0.29, 0.717) is 24.1 Å². The summed E-state index contributed by atoms with van der Waals surface area (Å²) >= 11 is 0. The predicted molar refractivity (Wildman–Crippen MR) is 107 cm³/mol. The molecule has 2 atom stereocenters. The smallest absolute Gasteiger partial charge is 0.414 e. The van der Waals surface area contributed by atoms with E-state index in [0.717, 1.165) is 0 Å². The monoisotopic (exact) mass is 433 g/mol. The molecule has 10 heteroatoms. The molecule has 9 nitrogen and oxygen atoms in total. The third-order valence-electron chi connectivity index (χ3n) is 5.00. The molecule has 3 rings (SSSR count). The minimum Gasteiger partial charge on any atom is -0.456 e. The van der Waals surface area contributed by atoms with Crippen molar-refractivity contribution in [2.45, 2.75) is 38.8 Å². The van der Waals surface area contributed by atoms with Gasteiger partial charge in [-0.1, -0.05) is 12.1 Å². The number of anilines is 1. The first-order chi connectivity index (χ1) is 14.8. The number of hydrogen-bond donors (Lipinski definition) is 1. The molecule has 166 valence electrons. The normalized spacial score (nSPS) is 20.4. The number of nitrogens with one attached hydrogen (secondary N) is 1. The highest BCUT2D eigenvalue weighted by atomic mass is 19.1. The minimum absolute atomic E-state index is 0.173. The number of nitrogens with zero attached hydrogens (tertiary/aromatic N) is 2. The van der Waals surface area contributed by atoms with Crippen molar-refractivity contribution in [3.8, 4) is 0 Å². The van der Waals surface area contributed by atoms with E-state index in [1.54, 1.807) is 18.3 Å². The summed E-state index contributed by atoms with van der Waals surface area (Å²) in [7, 11) is 0. The maximum Gasteiger partial charge on any atom is 0.414 e. The van der Waals surface area contributed by atoms with E-state index in [4.69, 9.17) is 9.47 Å². The first-order valence-electron chi connectivity index (χ1n) is 9.89. The number of ether oxygens (including phenoxy) is 2. The van der Waals surface area contributed by atoms with E-state index < -0.39 is 42.5 Å². The van der Waals surface area contributed by atoms with Gasteiger partial charge in [0.1, 0.15) is 11.9 Å². The molecule has 0 aromatic heterocycles. The zero-order chi connectivity index (χ0) is 22.5. The van der Waals surface area contributed by atoms with Gasteiger partial charge < -0.3 is 19.7 Å². The zero-order valence-electron chi connectivity index (χ0n) is 17.3. The quantitative estimate of drug-likeness (QED) is 0.689. The summed E-state index contributed by atoms with van der Waals surface area (Å²) in [6.07, 6.45) is 3.37. The van der Waals surface area contributed by atoms with Crippen LogP contribution in [-0.2, 0) is 23.9 Å².